The Balaban J connectivity index is 3.46. The lowest BCUT2D eigenvalue weighted by Crippen LogP contribution is -1.58. The van der Waals surface area contributed by atoms with Gasteiger partial charge in [-0.3, -0.25) is 9.98 Å². The molecule has 0 aromatic rings. The van der Waals surface area contributed by atoms with Gasteiger partial charge >= 0.3 is 0 Å². The average Bonchev–Trinajstić information content (AvgIpc) is 1.89. The fourth-order valence-corrected chi connectivity index (χ4v) is 0.285. The lowest BCUT2D eigenvalue weighted by Gasteiger charge is -1.70. The van der Waals surface area contributed by atoms with Gasteiger partial charge in [0.15, 0.2) is 0 Å². The van der Waals surface area contributed by atoms with Crippen LogP contribution in [0.5, 0.6) is 0 Å². The van der Waals surface area contributed by atoms with Crippen LogP contribution in [-0.2, 0) is 0 Å². The zero-order chi connectivity index (χ0) is 6.95. The molecular weight excluding hydrogens is 112 g/mol. The van der Waals surface area contributed by atoms with Gasteiger partial charge in [-0.2, -0.15) is 0 Å². The van der Waals surface area contributed by atoms with E-state index in [4.69, 9.17) is 0 Å². The molecule has 0 fully saturated rings. The number of nitrogens with zero attached hydrogens (tertiary/aromatic N) is 2. The van der Waals surface area contributed by atoms with Gasteiger partial charge in [-0.05, 0) is 19.7 Å². The second kappa shape index (κ2) is 6.82. The van der Waals surface area contributed by atoms with Crippen LogP contribution in [0.1, 0.15) is 6.92 Å². The molecule has 0 unspecified atom stereocenters. The lowest BCUT2D eigenvalue weighted by atomic mass is 10.6. The Morgan fingerprint density at radius 1 is 1.33 bits per heavy atom. The highest BCUT2D eigenvalue weighted by Crippen LogP contribution is 1.72. The first-order valence-corrected chi connectivity index (χ1v) is 2.67. The quantitative estimate of drug-likeness (QED) is 0.510. The minimum Gasteiger partial charge on any atom is -0.272 e. The van der Waals surface area contributed by atoms with Crippen molar-refractivity contribution in [2.24, 2.45) is 9.98 Å². The van der Waals surface area contributed by atoms with E-state index in [1.165, 1.54) is 0 Å². The third-order valence-corrected chi connectivity index (χ3v) is 0.599. The van der Waals surface area contributed by atoms with E-state index >= 15 is 0 Å². The van der Waals surface area contributed by atoms with Crippen LogP contribution in [-0.4, -0.2) is 12.9 Å². The number of aliphatic imine (C=N–C) groups is 2. The van der Waals surface area contributed by atoms with Crippen molar-refractivity contribution in [1.82, 2.24) is 0 Å². The standard InChI is InChI=1S/C7H10N2/c1-3-5-9-7-4-6-8-2/h3-7H,2H2,1H3/b5-3+,6-4-,9-7+. The van der Waals surface area contributed by atoms with E-state index in [2.05, 4.69) is 16.7 Å². The molecule has 2 heteroatoms. The van der Waals surface area contributed by atoms with Gasteiger partial charge in [-0.1, -0.05) is 6.08 Å². The van der Waals surface area contributed by atoms with Crippen LogP contribution in [0.3, 0.4) is 0 Å². The Morgan fingerprint density at radius 2 is 2.11 bits per heavy atom. The summed E-state index contributed by atoms with van der Waals surface area (Å²) in [5.74, 6) is 0. The minimum absolute atomic E-state index is 1.58. The summed E-state index contributed by atoms with van der Waals surface area (Å²) >= 11 is 0. The summed E-state index contributed by atoms with van der Waals surface area (Å²) in [7, 11) is 0. The van der Waals surface area contributed by atoms with Crippen molar-refractivity contribution in [3.05, 3.63) is 24.6 Å². The Bertz CT molecular complexity index is 143. The largest absolute Gasteiger partial charge is 0.272 e. The number of hydrogen-bond donors (Lipinski definition) is 0. The van der Waals surface area contributed by atoms with E-state index in [0.717, 1.165) is 0 Å². The van der Waals surface area contributed by atoms with Crippen LogP contribution in [0.2, 0.25) is 0 Å². The second-order valence-corrected chi connectivity index (χ2v) is 1.30. The fraction of sp³-hybridized carbons (Fsp3) is 0.143. The topological polar surface area (TPSA) is 24.7 Å². The highest BCUT2D eigenvalue weighted by Gasteiger charge is 1.57. The molecule has 0 aliphatic heterocycles. The molecule has 0 aliphatic carbocycles. The lowest BCUT2D eigenvalue weighted by molar-refractivity contribution is 1.54. The smallest absolute Gasteiger partial charge is 0.0282 e. The van der Waals surface area contributed by atoms with Crippen LogP contribution in [0, 0.1) is 0 Å². The van der Waals surface area contributed by atoms with E-state index in [-0.39, 0.29) is 0 Å². The van der Waals surface area contributed by atoms with Gasteiger partial charge in [0.1, 0.15) is 0 Å². The van der Waals surface area contributed by atoms with Crippen LogP contribution in [0.25, 0.3) is 0 Å². The molecule has 2 nitrogen and oxygen atoms in total. The molecule has 0 N–H and O–H groups in total. The summed E-state index contributed by atoms with van der Waals surface area (Å²) in [4.78, 5) is 7.33. The summed E-state index contributed by atoms with van der Waals surface area (Å²) in [6, 6.07) is 0. The maximum absolute atomic E-state index is 3.85. The molecule has 0 amide bonds. The highest BCUT2D eigenvalue weighted by atomic mass is 14.7. The van der Waals surface area contributed by atoms with Gasteiger partial charge in [-0.15, -0.1) is 0 Å². The Labute approximate surface area is 55.3 Å². The molecule has 0 spiro atoms. The van der Waals surface area contributed by atoms with Gasteiger partial charge < -0.3 is 0 Å². The summed E-state index contributed by atoms with van der Waals surface area (Å²) < 4.78 is 0. The van der Waals surface area contributed by atoms with E-state index in [1.807, 2.05) is 13.0 Å². The van der Waals surface area contributed by atoms with Crippen molar-refractivity contribution in [3.63, 3.8) is 0 Å². The summed E-state index contributed by atoms with van der Waals surface area (Å²) in [6.45, 7) is 5.17. The molecule has 0 aliphatic rings. The van der Waals surface area contributed by atoms with E-state index in [9.17, 15) is 0 Å². The predicted octanol–water partition coefficient (Wildman–Crippen LogP) is 1.81. The highest BCUT2D eigenvalue weighted by molar-refractivity contribution is 5.71. The molecule has 0 aromatic heterocycles. The third kappa shape index (κ3) is 6.82. The van der Waals surface area contributed by atoms with Crippen molar-refractivity contribution in [3.8, 4) is 0 Å². The molecule has 0 saturated carbocycles. The van der Waals surface area contributed by atoms with Crippen LogP contribution in [0.15, 0.2) is 34.5 Å². The van der Waals surface area contributed by atoms with Crippen molar-refractivity contribution < 1.29 is 0 Å². The first-order valence-electron chi connectivity index (χ1n) is 2.67. The average molecular weight is 122 g/mol. The molecule has 9 heavy (non-hydrogen) atoms. The van der Waals surface area contributed by atoms with Gasteiger partial charge in [0.25, 0.3) is 0 Å². The molecule has 0 rings (SSSR count). The van der Waals surface area contributed by atoms with Crippen molar-refractivity contribution >= 4 is 12.9 Å². The fourth-order valence-electron chi connectivity index (χ4n) is 0.285. The van der Waals surface area contributed by atoms with Crippen LogP contribution < -0.4 is 0 Å². The first-order chi connectivity index (χ1) is 4.41. The molecule has 0 heterocycles. The Kier molecular flexibility index (Phi) is 5.93. The van der Waals surface area contributed by atoms with Gasteiger partial charge in [0.05, 0.1) is 0 Å². The molecule has 0 radical (unpaired) electrons. The molecule has 48 valence electrons. The van der Waals surface area contributed by atoms with Gasteiger partial charge in [-0.25, -0.2) is 0 Å². The normalized spacial score (nSPS) is 12.1. The zero-order valence-corrected chi connectivity index (χ0v) is 5.49. The monoisotopic (exact) mass is 122 g/mol. The number of hydrogen-bond acceptors (Lipinski definition) is 2. The second-order valence-electron chi connectivity index (χ2n) is 1.30. The van der Waals surface area contributed by atoms with Crippen molar-refractivity contribution in [2.75, 3.05) is 0 Å². The molecular formula is C7H10N2. The summed E-state index contributed by atoms with van der Waals surface area (Å²) in [5, 5.41) is 0. The van der Waals surface area contributed by atoms with Crippen LogP contribution in [0.4, 0.5) is 0 Å². The van der Waals surface area contributed by atoms with E-state index in [0.29, 0.717) is 0 Å². The summed E-state index contributed by atoms with van der Waals surface area (Å²) in [6.07, 6.45) is 8.49. The number of allylic oxidation sites excluding steroid dienone is 2. The van der Waals surface area contributed by atoms with Gasteiger partial charge in [0.2, 0.25) is 0 Å². The molecule has 0 aromatic carbocycles. The number of rotatable bonds is 3. The third-order valence-electron chi connectivity index (χ3n) is 0.599. The Morgan fingerprint density at radius 3 is 2.67 bits per heavy atom. The van der Waals surface area contributed by atoms with Crippen molar-refractivity contribution in [1.29, 1.82) is 0 Å². The van der Waals surface area contributed by atoms with Crippen LogP contribution >= 0.6 is 0 Å². The molecule has 0 atom stereocenters. The van der Waals surface area contributed by atoms with E-state index in [1.54, 1.807) is 24.7 Å². The summed E-state index contributed by atoms with van der Waals surface area (Å²) in [5.41, 5.74) is 0. The SMILES string of the molecule is C=N\C=C/C=N/C=C/C. The maximum Gasteiger partial charge on any atom is 0.0282 e. The Hall–Kier alpha value is -1.18. The minimum atomic E-state index is 1.58. The predicted molar refractivity (Wildman–Crippen MR) is 42.0 cm³/mol. The van der Waals surface area contributed by atoms with E-state index < -0.39 is 0 Å². The first kappa shape index (κ1) is 7.82. The maximum atomic E-state index is 3.85. The zero-order valence-electron chi connectivity index (χ0n) is 5.49. The molecule has 0 saturated heterocycles. The van der Waals surface area contributed by atoms with Gasteiger partial charge in [0, 0.05) is 18.6 Å². The van der Waals surface area contributed by atoms with Crippen molar-refractivity contribution in [2.45, 2.75) is 6.92 Å². The molecule has 0 bridgehead atoms.